The number of aliphatic hydroxyl groups excluding tert-OH is 3. The lowest BCUT2D eigenvalue weighted by molar-refractivity contribution is -0.0569. The average molecular weight is 591 g/mol. The molecule has 5 rings (SSSR count). The van der Waals surface area contributed by atoms with Crippen molar-refractivity contribution in [3.05, 3.63) is 49.5 Å². The number of nitrogens with zero attached hydrogens (tertiary/aromatic N) is 4. The molecular formula is C19H23FN7O12P. The number of nitrogens with two attached hydrogens (primary N) is 1. The zero-order chi connectivity index (χ0) is 28.9. The number of anilines is 1. The highest BCUT2D eigenvalue weighted by Crippen LogP contribution is 2.49. The molecule has 8 N–H and O–H groups in total. The van der Waals surface area contributed by atoms with Gasteiger partial charge in [0.2, 0.25) is 11.8 Å². The van der Waals surface area contributed by atoms with E-state index < -0.39 is 86.6 Å². The fourth-order valence-corrected chi connectivity index (χ4v) is 5.38. The maximum Gasteiger partial charge on any atom is 0.472 e. The van der Waals surface area contributed by atoms with Crippen LogP contribution in [0.3, 0.4) is 0 Å². The van der Waals surface area contributed by atoms with Crippen LogP contribution in [0.15, 0.2) is 26.9 Å². The van der Waals surface area contributed by atoms with Crippen LogP contribution in [0.25, 0.3) is 11.2 Å². The van der Waals surface area contributed by atoms with Crippen molar-refractivity contribution in [3.63, 3.8) is 0 Å². The second-order valence-electron chi connectivity index (χ2n) is 8.92. The highest BCUT2D eigenvalue weighted by Gasteiger charge is 2.49. The van der Waals surface area contributed by atoms with Crippen LogP contribution in [0, 0.1) is 5.82 Å². The number of hydrogen-bond donors (Lipinski definition) is 7. The quantitative estimate of drug-likeness (QED) is 0.127. The van der Waals surface area contributed by atoms with Gasteiger partial charge in [-0.05, 0) is 0 Å². The largest absolute Gasteiger partial charge is 0.472 e. The summed E-state index contributed by atoms with van der Waals surface area (Å²) in [6.45, 7) is -1.52. The molecule has 2 aliphatic heterocycles. The van der Waals surface area contributed by atoms with Crippen molar-refractivity contribution in [2.75, 3.05) is 18.9 Å². The van der Waals surface area contributed by atoms with Gasteiger partial charge in [-0.25, -0.2) is 14.3 Å². The van der Waals surface area contributed by atoms with E-state index in [2.05, 4.69) is 15.0 Å². The molecule has 2 fully saturated rings. The Hall–Kier alpha value is -3.33. The molecule has 8 atom stereocenters. The highest BCUT2D eigenvalue weighted by atomic mass is 31.2. The lowest BCUT2D eigenvalue weighted by Crippen LogP contribution is -2.36. The van der Waals surface area contributed by atoms with E-state index in [0.717, 1.165) is 10.9 Å². The number of hydrogen-bond acceptors (Lipinski definition) is 14. The van der Waals surface area contributed by atoms with Gasteiger partial charge in [0.15, 0.2) is 17.4 Å². The van der Waals surface area contributed by atoms with E-state index in [9.17, 15) is 43.6 Å². The van der Waals surface area contributed by atoms with Gasteiger partial charge in [-0.2, -0.15) is 9.37 Å². The maximum absolute atomic E-state index is 13.6. The first-order valence-corrected chi connectivity index (χ1v) is 13.0. The minimum absolute atomic E-state index is 0.0746. The van der Waals surface area contributed by atoms with Crippen molar-refractivity contribution in [1.82, 2.24) is 29.1 Å². The van der Waals surface area contributed by atoms with Gasteiger partial charge >= 0.3 is 13.5 Å². The first-order valence-electron chi connectivity index (χ1n) is 11.6. The number of aliphatic hydroxyl groups is 3. The Morgan fingerprint density at radius 3 is 2.65 bits per heavy atom. The summed E-state index contributed by atoms with van der Waals surface area (Å²) in [5, 5.41) is 30.8. The van der Waals surface area contributed by atoms with Crippen LogP contribution in [-0.4, -0.2) is 93.0 Å². The number of imidazole rings is 1. The van der Waals surface area contributed by atoms with E-state index in [1.54, 1.807) is 4.98 Å². The third kappa shape index (κ3) is 5.23. The Bertz CT molecular complexity index is 1640. The number of nitrogen functional groups attached to an aromatic ring is 1. The van der Waals surface area contributed by atoms with E-state index in [-0.39, 0.29) is 23.5 Å². The lowest BCUT2D eigenvalue weighted by Gasteiger charge is -2.23. The van der Waals surface area contributed by atoms with Crippen LogP contribution in [0.2, 0.25) is 0 Å². The number of phosphoric ester groups is 1. The summed E-state index contributed by atoms with van der Waals surface area (Å²) in [6, 6.07) is 0. The highest BCUT2D eigenvalue weighted by molar-refractivity contribution is 7.47. The lowest BCUT2D eigenvalue weighted by atomic mass is 10.1. The van der Waals surface area contributed by atoms with Gasteiger partial charge in [0.1, 0.15) is 30.6 Å². The summed E-state index contributed by atoms with van der Waals surface area (Å²) >= 11 is 0. The van der Waals surface area contributed by atoms with E-state index in [4.69, 9.17) is 24.3 Å². The third-order valence-electron chi connectivity index (χ3n) is 6.31. The number of phosphoric acid groups is 1. The van der Waals surface area contributed by atoms with Crippen LogP contribution < -0.4 is 22.5 Å². The molecule has 19 nitrogen and oxygen atoms in total. The molecule has 3 aromatic heterocycles. The van der Waals surface area contributed by atoms with Gasteiger partial charge in [0.25, 0.3) is 11.1 Å². The summed E-state index contributed by atoms with van der Waals surface area (Å²) in [5.74, 6) is -1.52. The molecule has 218 valence electrons. The molecule has 2 aliphatic rings. The molecule has 1 unspecified atom stereocenters. The number of halogens is 1. The van der Waals surface area contributed by atoms with Gasteiger partial charge in [-0.1, -0.05) is 0 Å². The number of aromatic nitrogens is 6. The van der Waals surface area contributed by atoms with Crippen molar-refractivity contribution in [3.8, 4) is 0 Å². The topological polar surface area (TPSA) is 279 Å². The summed E-state index contributed by atoms with van der Waals surface area (Å²) in [4.78, 5) is 57.4. The van der Waals surface area contributed by atoms with Gasteiger partial charge in [0.05, 0.1) is 31.8 Å². The van der Waals surface area contributed by atoms with Gasteiger partial charge in [-0.3, -0.25) is 37.7 Å². The molecule has 3 aromatic rings. The van der Waals surface area contributed by atoms with Crippen molar-refractivity contribution in [2.45, 2.75) is 49.4 Å². The van der Waals surface area contributed by atoms with E-state index in [1.807, 2.05) is 0 Å². The van der Waals surface area contributed by atoms with Crippen molar-refractivity contribution < 1.29 is 47.7 Å². The summed E-state index contributed by atoms with van der Waals surface area (Å²) < 4.78 is 49.1. The second kappa shape index (κ2) is 10.6. The van der Waals surface area contributed by atoms with Crippen LogP contribution in [0.5, 0.6) is 0 Å². The Labute approximate surface area is 220 Å². The zero-order valence-electron chi connectivity index (χ0n) is 20.1. The number of H-pyrrole nitrogens is 2. The Kier molecular flexibility index (Phi) is 7.46. The summed E-state index contributed by atoms with van der Waals surface area (Å²) in [6.07, 6.45) is -8.45. The van der Waals surface area contributed by atoms with E-state index in [1.165, 1.54) is 0 Å². The summed E-state index contributed by atoms with van der Waals surface area (Å²) in [7, 11) is -5.03. The fraction of sp³-hybridized carbons (Fsp3) is 0.526. The molecular weight excluding hydrogens is 568 g/mol. The predicted octanol–water partition coefficient (Wildman–Crippen LogP) is -3.21. The van der Waals surface area contributed by atoms with E-state index in [0.29, 0.717) is 10.8 Å². The van der Waals surface area contributed by atoms with Crippen LogP contribution in [0.4, 0.5) is 10.3 Å². The SMILES string of the molecule is Nc1nc2c(ncn2[C@@H]2O[C@H](CO)[C@@H](OP(=O)(O)OC[C@H]3O[C@@H](n4cc(F)c(=O)[nH]c4=O)C[C@@H]3O)[C@H]2O)c(=O)[nH]1. The first-order chi connectivity index (χ1) is 18.9. The van der Waals surface area contributed by atoms with Crippen molar-refractivity contribution >= 4 is 24.9 Å². The first kappa shape index (κ1) is 28.2. The molecule has 0 spiro atoms. The van der Waals surface area contributed by atoms with Crippen LogP contribution in [-0.2, 0) is 23.1 Å². The molecule has 21 heteroatoms. The fourth-order valence-electron chi connectivity index (χ4n) is 4.42. The van der Waals surface area contributed by atoms with Gasteiger partial charge in [-0.15, -0.1) is 0 Å². The number of rotatable bonds is 8. The molecule has 0 saturated carbocycles. The number of aromatic amines is 2. The third-order valence-corrected chi connectivity index (χ3v) is 7.29. The second-order valence-corrected chi connectivity index (χ2v) is 10.3. The number of nitrogens with one attached hydrogen (secondary N) is 2. The monoisotopic (exact) mass is 591 g/mol. The molecule has 0 aromatic carbocycles. The van der Waals surface area contributed by atoms with Gasteiger partial charge < -0.3 is 35.4 Å². The minimum atomic E-state index is -5.03. The average Bonchev–Trinajstić information content (AvgIpc) is 3.55. The molecule has 5 heterocycles. The molecule has 40 heavy (non-hydrogen) atoms. The van der Waals surface area contributed by atoms with Crippen molar-refractivity contribution in [1.29, 1.82) is 0 Å². The van der Waals surface area contributed by atoms with Crippen LogP contribution >= 0.6 is 7.82 Å². The molecule has 0 aliphatic carbocycles. The normalized spacial score (nSPS) is 30.2. The molecule has 0 radical (unpaired) electrons. The standard InChI is InChI=1S/C19H23FN7O12P/c20-6-2-26(19(33)25-15(6)31)10-1-7(29)9(37-10)4-36-40(34,35)39-13-8(3-28)38-17(12(13)30)27-5-22-11-14(27)23-18(21)24-16(11)32/h2,5,7-10,12-13,17,28-30H,1,3-4H2,(H,34,35)(H,25,31,33)(H3,21,23,24,32)/t7-,8+,9+,10+,12+,13+,17+/m0/s1. The molecule has 0 amide bonds. The number of fused-ring (bicyclic) bond motifs is 1. The molecule has 0 bridgehead atoms. The Balaban J connectivity index is 1.27. The Morgan fingerprint density at radius 1 is 1.18 bits per heavy atom. The van der Waals surface area contributed by atoms with Gasteiger partial charge in [0, 0.05) is 6.42 Å². The smallest absolute Gasteiger partial charge is 0.394 e. The van der Waals surface area contributed by atoms with E-state index >= 15 is 0 Å². The zero-order valence-corrected chi connectivity index (χ0v) is 21.0. The predicted molar refractivity (Wildman–Crippen MR) is 126 cm³/mol. The van der Waals surface area contributed by atoms with Crippen molar-refractivity contribution in [2.24, 2.45) is 0 Å². The molecule has 2 saturated heterocycles. The summed E-state index contributed by atoms with van der Waals surface area (Å²) in [5.41, 5.74) is 2.45. The van der Waals surface area contributed by atoms with Crippen LogP contribution in [0.1, 0.15) is 18.9 Å². The minimum Gasteiger partial charge on any atom is -0.394 e. The maximum atomic E-state index is 13.6. The Morgan fingerprint density at radius 2 is 1.93 bits per heavy atom. The number of ether oxygens (including phenoxy) is 2.